The number of phenolic OH excluding ortho intramolecular Hbond substituents is 1. The fourth-order valence-corrected chi connectivity index (χ4v) is 1.17. The largest absolute Gasteiger partial charge is 0.507 e. The Morgan fingerprint density at radius 2 is 2.00 bits per heavy atom. The lowest BCUT2D eigenvalue weighted by Gasteiger charge is -2.03. The molecule has 2 N–H and O–H groups in total. The molecule has 0 fully saturated rings. The molecule has 0 amide bonds. The van der Waals surface area contributed by atoms with Crippen LogP contribution in [0.25, 0.3) is 5.57 Å². The fraction of sp³-hybridized carbons (Fsp3) is 0.0833. The summed E-state index contributed by atoms with van der Waals surface area (Å²) >= 11 is 0. The molecule has 0 aliphatic rings. The van der Waals surface area contributed by atoms with Crippen molar-refractivity contribution in [3.8, 4) is 5.75 Å². The van der Waals surface area contributed by atoms with Crippen LogP contribution in [0.15, 0.2) is 42.5 Å². The molecule has 0 radical (unpaired) electrons. The Balaban J connectivity index is 3.22. The van der Waals surface area contributed by atoms with Gasteiger partial charge >= 0.3 is 5.97 Å². The minimum absolute atomic E-state index is 0.0318. The number of carboxylic acid groups (broad SMARTS) is 1. The number of aromatic hydroxyl groups is 1. The van der Waals surface area contributed by atoms with E-state index in [0.717, 1.165) is 0 Å². The molecule has 0 unspecified atom stereocenters. The predicted molar refractivity (Wildman–Crippen MR) is 58.5 cm³/mol. The van der Waals surface area contributed by atoms with E-state index < -0.39 is 5.97 Å². The third-order valence-corrected chi connectivity index (χ3v) is 1.88. The molecule has 0 aromatic heterocycles. The summed E-state index contributed by atoms with van der Waals surface area (Å²) in [6.07, 6.45) is 4.80. The standard InChI is InChI=1S/C12H12O3/c1-2-3-6-10(12(14)15)9-7-4-5-8-11(9)13/h2-8,13H,1H3,(H,14,15)/b3-2+,10-6+. The van der Waals surface area contributed by atoms with E-state index in [4.69, 9.17) is 5.11 Å². The molecule has 0 heterocycles. The lowest BCUT2D eigenvalue weighted by molar-refractivity contribution is -0.130. The van der Waals surface area contributed by atoms with Crippen molar-refractivity contribution in [2.45, 2.75) is 6.92 Å². The van der Waals surface area contributed by atoms with Gasteiger partial charge in [-0.15, -0.1) is 0 Å². The number of hydrogen-bond acceptors (Lipinski definition) is 2. The fourth-order valence-electron chi connectivity index (χ4n) is 1.17. The average Bonchev–Trinajstić information content (AvgIpc) is 2.20. The van der Waals surface area contributed by atoms with Crippen LogP contribution in [0.2, 0.25) is 0 Å². The van der Waals surface area contributed by atoms with Gasteiger partial charge in [0, 0.05) is 5.56 Å². The molecular formula is C12H12O3. The molecule has 78 valence electrons. The van der Waals surface area contributed by atoms with Gasteiger partial charge in [-0.2, -0.15) is 0 Å². The van der Waals surface area contributed by atoms with Crippen molar-refractivity contribution in [3.63, 3.8) is 0 Å². The molecule has 1 rings (SSSR count). The van der Waals surface area contributed by atoms with Crippen molar-refractivity contribution in [2.75, 3.05) is 0 Å². The maximum absolute atomic E-state index is 10.9. The second kappa shape index (κ2) is 5.00. The third-order valence-electron chi connectivity index (χ3n) is 1.88. The molecule has 3 heteroatoms. The van der Waals surface area contributed by atoms with E-state index in [2.05, 4.69) is 0 Å². The summed E-state index contributed by atoms with van der Waals surface area (Å²) < 4.78 is 0. The van der Waals surface area contributed by atoms with Gasteiger partial charge in [0.1, 0.15) is 5.75 Å². The molecule has 3 nitrogen and oxygen atoms in total. The van der Waals surface area contributed by atoms with Gasteiger partial charge < -0.3 is 10.2 Å². The van der Waals surface area contributed by atoms with Crippen molar-refractivity contribution >= 4 is 11.5 Å². The summed E-state index contributed by atoms with van der Waals surface area (Å²) in [7, 11) is 0. The van der Waals surface area contributed by atoms with Gasteiger partial charge in [-0.3, -0.25) is 0 Å². The minimum atomic E-state index is -1.06. The summed E-state index contributed by atoms with van der Waals surface area (Å²) in [6, 6.07) is 6.36. The summed E-state index contributed by atoms with van der Waals surface area (Å²) in [4.78, 5) is 10.9. The van der Waals surface area contributed by atoms with Crippen LogP contribution in [-0.2, 0) is 4.79 Å². The number of carboxylic acids is 1. The number of carbonyl (C=O) groups is 1. The molecule has 15 heavy (non-hydrogen) atoms. The van der Waals surface area contributed by atoms with Crippen molar-refractivity contribution in [1.29, 1.82) is 0 Å². The highest BCUT2D eigenvalue weighted by Gasteiger charge is 2.12. The molecular weight excluding hydrogens is 192 g/mol. The van der Waals surface area contributed by atoms with Crippen molar-refractivity contribution in [3.05, 3.63) is 48.1 Å². The van der Waals surface area contributed by atoms with Crippen LogP contribution < -0.4 is 0 Å². The first-order valence-electron chi connectivity index (χ1n) is 4.51. The van der Waals surface area contributed by atoms with Gasteiger partial charge in [0.15, 0.2) is 0 Å². The third kappa shape index (κ3) is 2.71. The number of rotatable bonds is 3. The second-order valence-corrected chi connectivity index (χ2v) is 2.93. The lowest BCUT2D eigenvalue weighted by Crippen LogP contribution is -1.99. The van der Waals surface area contributed by atoms with Gasteiger partial charge in [0.2, 0.25) is 0 Å². The van der Waals surface area contributed by atoms with Crippen LogP contribution in [0, 0.1) is 0 Å². The zero-order valence-electron chi connectivity index (χ0n) is 8.34. The van der Waals surface area contributed by atoms with Crippen LogP contribution >= 0.6 is 0 Å². The molecule has 0 spiro atoms. The van der Waals surface area contributed by atoms with Crippen molar-refractivity contribution in [2.24, 2.45) is 0 Å². The lowest BCUT2D eigenvalue weighted by atomic mass is 10.0. The number of hydrogen-bond donors (Lipinski definition) is 2. The van der Waals surface area contributed by atoms with E-state index >= 15 is 0 Å². The van der Waals surface area contributed by atoms with Crippen molar-refractivity contribution < 1.29 is 15.0 Å². The van der Waals surface area contributed by atoms with Gasteiger partial charge in [-0.05, 0) is 19.1 Å². The van der Waals surface area contributed by atoms with E-state index in [1.165, 1.54) is 12.1 Å². The Morgan fingerprint density at radius 1 is 1.33 bits per heavy atom. The Morgan fingerprint density at radius 3 is 2.53 bits per heavy atom. The molecule has 0 atom stereocenters. The summed E-state index contributed by atoms with van der Waals surface area (Å²) in [6.45, 7) is 1.79. The van der Waals surface area contributed by atoms with Crippen LogP contribution in [-0.4, -0.2) is 16.2 Å². The van der Waals surface area contributed by atoms with Crippen LogP contribution in [0.4, 0.5) is 0 Å². The monoisotopic (exact) mass is 204 g/mol. The zero-order valence-corrected chi connectivity index (χ0v) is 8.34. The summed E-state index contributed by atoms with van der Waals surface area (Å²) in [5.74, 6) is -1.09. The van der Waals surface area contributed by atoms with E-state index in [1.807, 2.05) is 0 Å². The molecule has 0 saturated heterocycles. The van der Waals surface area contributed by atoms with E-state index in [0.29, 0.717) is 5.56 Å². The SMILES string of the molecule is C/C=C/C=C(/C(=O)O)c1ccccc1O. The molecule has 0 bridgehead atoms. The number of para-hydroxylation sites is 1. The predicted octanol–water partition coefficient (Wildman–Crippen LogP) is 2.44. The number of aliphatic carboxylic acids is 1. The van der Waals surface area contributed by atoms with E-state index in [9.17, 15) is 9.90 Å². The maximum Gasteiger partial charge on any atom is 0.336 e. The van der Waals surface area contributed by atoms with E-state index in [-0.39, 0.29) is 11.3 Å². The van der Waals surface area contributed by atoms with Gasteiger partial charge in [-0.1, -0.05) is 30.4 Å². The first-order chi connectivity index (χ1) is 7.16. The number of phenols is 1. The Labute approximate surface area is 88.0 Å². The Hall–Kier alpha value is -2.03. The van der Waals surface area contributed by atoms with E-state index in [1.54, 1.807) is 37.3 Å². The first kappa shape index (κ1) is 11.0. The highest BCUT2D eigenvalue weighted by molar-refractivity contribution is 6.16. The zero-order chi connectivity index (χ0) is 11.3. The van der Waals surface area contributed by atoms with Crippen molar-refractivity contribution in [1.82, 2.24) is 0 Å². The van der Waals surface area contributed by atoms with Gasteiger partial charge in [-0.25, -0.2) is 4.79 Å². The number of allylic oxidation sites excluding steroid dienone is 3. The first-order valence-corrected chi connectivity index (χ1v) is 4.51. The molecule has 0 aliphatic carbocycles. The second-order valence-electron chi connectivity index (χ2n) is 2.93. The highest BCUT2D eigenvalue weighted by atomic mass is 16.4. The normalized spacial score (nSPS) is 11.9. The topological polar surface area (TPSA) is 57.5 Å². The highest BCUT2D eigenvalue weighted by Crippen LogP contribution is 2.24. The number of benzene rings is 1. The summed E-state index contributed by atoms with van der Waals surface area (Å²) in [5.41, 5.74) is 0.398. The smallest absolute Gasteiger partial charge is 0.336 e. The average molecular weight is 204 g/mol. The summed E-state index contributed by atoms with van der Waals surface area (Å²) in [5, 5.41) is 18.5. The quantitative estimate of drug-likeness (QED) is 0.587. The van der Waals surface area contributed by atoms with Crippen LogP contribution in [0.1, 0.15) is 12.5 Å². The maximum atomic E-state index is 10.9. The van der Waals surface area contributed by atoms with Gasteiger partial charge in [0.05, 0.1) is 5.57 Å². The minimum Gasteiger partial charge on any atom is -0.507 e. The molecule has 0 aliphatic heterocycles. The molecule has 1 aromatic rings. The van der Waals surface area contributed by atoms with Gasteiger partial charge in [0.25, 0.3) is 0 Å². The Bertz CT molecular complexity index is 417. The Kier molecular flexibility index (Phi) is 3.68. The molecule has 1 aromatic carbocycles. The van der Waals surface area contributed by atoms with Crippen LogP contribution in [0.5, 0.6) is 5.75 Å². The van der Waals surface area contributed by atoms with Crippen LogP contribution in [0.3, 0.4) is 0 Å². The molecule has 0 saturated carbocycles.